The summed E-state index contributed by atoms with van der Waals surface area (Å²) in [6.07, 6.45) is -0.643. The molecule has 13 nitrogen and oxygen atoms in total. The van der Waals surface area contributed by atoms with Crippen molar-refractivity contribution in [2.75, 3.05) is 20.7 Å². The molecule has 2 unspecified atom stereocenters. The second kappa shape index (κ2) is 12.0. The van der Waals surface area contributed by atoms with E-state index in [2.05, 4.69) is 10.2 Å². The van der Waals surface area contributed by atoms with Gasteiger partial charge in [0, 0.05) is 18.0 Å². The highest BCUT2D eigenvalue weighted by molar-refractivity contribution is 5.87. The van der Waals surface area contributed by atoms with Gasteiger partial charge in [-0.05, 0) is 92.6 Å². The van der Waals surface area contributed by atoms with Crippen molar-refractivity contribution in [3.05, 3.63) is 35.1 Å². The molecule has 0 aromatic heterocycles. The lowest BCUT2D eigenvalue weighted by Gasteiger charge is -2.61. The molecule has 47 heavy (non-hydrogen) atoms. The fraction of sp³-hybridized carbons (Fsp3) is 0.647. The maximum atomic E-state index is 13.4. The molecule has 1 aromatic carbocycles. The van der Waals surface area contributed by atoms with Crippen molar-refractivity contribution in [3.8, 4) is 11.5 Å². The van der Waals surface area contributed by atoms with Gasteiger partial charge in [0.2, 0.25) is 0 Å². The molecule has 4 aliphatic rings. The van der Waals surface area contributed by atoms with E-state index >= 15 is 0 Å². The molecule has 1 fully saturated rings. The summed E-state index contributed by atoms with van der Waals surface area (Å²) < 4.78 is 34.0. The molecule has 2 aliphatic carbocycles. The van der Waals surface area contributed by atoms with Gasteiger partial charge in [-0.15, -0.1) is 0 Å². The number of carbonyl (C=O) groups is 4. The summed E-state index contributed by atoms with van der Waals surface area (Å²) in [4.78, 5) is 53.8. The Morgan fingerprint density at radius 2 is 1.77 bits per heavy atom. The Balaban J connectivity index is 1.31. The first kappa shape index (κ1) is 34.5. The number of rotatable bonds is 8. The first-order valence-corrected chi connectivity index (χ1v) is 15.9. The van der Waals surface area contributed by atoms with Crippen LogP contribution in [0.2, 0.25) is 0 Å². The monoisotopic (exact) mass is 658 g/mol. The summed E-state index contributed by atoms with van der Waals surface area (Å²) >= 11 is 0. The molecular weight excluding hydrogens is 612 g/mol. The Labute approximate surface area is 274 Å². The van der Waals surface area contributed by atoms with Crippen molar-refractivity contribution in [1.82, 2.24) is 10.2 Å². The molecule has 1 spiro atoms. The van der Waals surface area contributed by atoms with Crippen LogP contribution in [0.4, 0.5) is 4.79 Å². The molecule has 1 amide bonds. The smallest absolute Gasteiger partial charge is 0.408 e. The van der Waals surface area contributed by atoms with Gasteiger partial charge in [0.15, 0.2) is 23.7 Å². The van der Waals surface area contributed by atoms with Crippen LogP contribution >= 0.6 is 0 Å². The van der Waals surface area contributed by atoms with Gasteiger partial charge in [0.05, 0.1) is 24.5 Å². The highest BCUT2D eigenvalue weighted by atomic mass is 16.6. The molecule has 13 heteroatoms. The maximum Gasteiger partial charge on any atom is 0.408 e. The molecule has 2 N–H and O–H groups in total. The zero-order valence-corrected chi connectivity index (χ0v) is 28.6. The van der Waals surface area contributed by atoms with Gasteiger partial charge in [-0.1, -0.05) is 6.07 Å². The summed E-state index contributed by atoms with van der Waals surface area (Å²) in [5, 5.41) is 14.7. The van der Waals surface area contributed by atoms with Gasteiger partial charge in [0.25, 0.3) is 0 Å². The van der Waals surface area contributed by atoms with E-state index in [-0.39, 0.29) is 18.2 Å². The minimum Gasteiger partial charge on any atom is -0.493 e. The van der Waals surface area contributed by atoms with Gasteiger partial charge in [0.1, 0.15) is 23.0 Å². The van der Waals surface area contributed by atoms with E-state index < -0.39 is 70.9 Å². The van der Waals surface area contributed by atoms with Crippen LogP contribution in [0.5, 0.6) is 11.5 Å². The summed E-state index contributed by atoms with van der Waals surface area (Å²) in [5.74, 6) is -1.41. The minimum atomic E-state index is -1.43. The van der Waals surface area contributed by atoms with Gasteiger partial charge >= 0.3 is 24.0 Å². The molecule has 1 aromatic rings. The Hall–Kier alpha value is -3.84. The number of alkyl carbamates (subject to hydrolysis) is 1. The summed E-state index contributed by atoms with van der Waals surface area (Å²) in [6, 6.07) is 2.25. The minimum absolute atomic E-state index is 0.171. The highest BCUT2D eigenvalue weighted by Crippen LogP contribution is 2.65. The third kappa shape index (κ3) is 6.27. The lowest BCUT2D eigenvalue weighted by Crippen LogP contribution is -2.74. The molecule has 2 aliphatic heterocycles. The number of nitrogens with zero attached hydrogens (tertiary/aromatic N) is 1. The molecule has 6 atom stereocenters. The number of benzene rings is 1. The van der Waals surface area contributed by atoms with Gasteiger partial charge in [-0.25, -0.2) is 14.4 Å². The lowest BCUT2D eigenvalue weighted by molar-refractivity contribution is -0.176. The Kier molecular flexibility index (Phi) is 8.80. The fourth-order valence-corrected chi connectivity index (χ4v) is 7.26. The number of methoxy groups -OCH3 is 1. The average molecular weight is 659 g/mol. The molecule has 2 heterocycles. The van der Waals surface area contributed by atoms with E-state index in [0.717, 1.165) is 11.1 Å². The first-order chi connectivity index (χ1) is 21.8. The highest BCUT2D eigenvalue weighted by Gasteiger charge is 2.72. The maximum absolute atomic E-state index is 13.4. The molecular formula is C34H46N2O11. The van der Waals surface area contributed by atoms with Crippen molar-refractivity contribution >= 4 is 24.0 Å². The normalized spacial score (nSPS) is 27.2. The van der Waals surface area contributed by atoms with E-state index in [1.54, 1.807) is 54.7 Å². The second-order valence-electron chi connectivity index (χ2n) is 14.8. The summed E-state index contributed by atoms with van der Waals surface area (Å²) in [7, 11) is 3.55. The van der Waals surface area contributed by atoms with E-state index in [1.807, 2.05) is 19.2 Å². The molecule has 5 rings (SSSR count). The largest absolute Gasteiger partial charge is 0.493 e. The number of likely N-dealkylation sites (N-methyl/N-ethyl adjacent to an activating group) is 1. The Morgan fingerprint density at radius 3 is 2.40 bits per heavy atom. The van der Waals surface area contributed by atoms with Crippen LogP contribution < -0.4 is 14.8 Å². The molecule has 2 bridgehead atoms. The van der Waals surface area contributed by atoms with Crippen LogP contribution in [-0.4, -0.2) is 95.8 Å². The van der Waals surface area contributed by atoms with Crippen LogP contribution in [0.3, 0.4) is 0 Å². The SMILES string of the molecule is COc1ccc2c3c1O[C@H]1C(OC(=O)C(C)OC(=O)CC(NC(=O)OC(C)(C)C)C(=O)OC(C)(C)C)=CC[C@@]4(O)[C@@H](C2)N(C)CC[C@]314. The Morgan fingerprint density at radius 1 is 1.09 bits per heavy atom. The van der Waals surface area contributed by atoms with E-state index in [0.29, 0.717) is 30.9 Å². The van der Waals surface area contributed by atoms with Crippen molar-refractivity contribution in [2.24, 2.45) is 0 Å². The fourth-order valence-electron chi connectivity index (χ4n) is 7.26. The third-order valence-electron chi connectivity index (χ3n) is 9.17. The predicted octanol–water partition coefficient (Wildman–Crippen LogP) is 3.07. The first-order valence-electron chi connectivity index (χ1n) is 15.9. The number of ether oxygens (including phenoxy) is 6. The molecule has 258 valence electrons. The number of likely N-dealkylation sites (tertiary alicyclic amines) is 1. The van der Waals surface area contributed by atoms with Crippen LogP contribution in [0.1, 0.15) is 78.9 Å². The zero-order valence-electron chi connectivity index (χ0n) is 28.6. The standard InChI is InChI=1S/C34H46N2O11/c1-18(43-24(37)17-20(29(39)46-31(2,3)4)35-30(40)47-32(5,6)7)28(38)44-22-12-13-34(41)23-16-19-10-11-21(42-9)26-25(19)33(34,27(22)45-26)14-15-36(23)8/h10-12,18,20,23,27,41H,13-17H2,1-9H3,(H,35,40)/t18?,20?,23-,27+,33+,34-/m1/s1. The number of aliphatic hydroxyl groups is 1. The summed E-state index contributed by atoms with van der Waals surface area (Å²) in [6.45, 7) is 12.0. The second-order valence-corrected chi connectivity index (χ2v) is 14.8. The quantitative estimate of drug-likeness (QED) is 0.311. The lowest BCUT2D eigenvalue weighted by atomic mass is 9.50. The van der Waals surface area contributed by atoms with Crippen LogP contribution in [0, 0.1) is 0 Å². The van der Waals surface area contributed by atoms with Gasteiger partial charge < -0.3 is 43.7 Å². The number of amides is 1. The number of esters is 3. The van der Waals surface area contributed by atoms with Crippen molar-refractivity contribution < 1.29 is 52.7 Å². The topological polar surface area (TPSA) is 159 Å². The zero-order chi connectivity index (χ0) is 34.7. The molecule has 0 saturated carbocycles. The number of piperidine rings is 1. The number of hydrogen-bond acceptors (Lipinski definition) is 12. The van der Waals surface area contributed by atoms with Crippen molar-refractivity contribution in [3.63, 3.8) is 0 Å². The average Bonchev–Trinajstić information content (AvgIpc) is 3.30. The van der Waals surface area contributed by atoms with Crippen LogP contribution in [0.15, 0.2) is 24.0 Å². The van der Waals surface area contributed by atoms with Gasteiger partial charge in [-0.2, -0.15) is 0 Å². The predicted molar refractivity (Wildman–Crippen MR) is 167 cm³/mol. The number of hydrogen-bond donors (Lipinski definition) is 2. The summed E-state index contributed by atoms with van der Waals surface area (Å²) in [5.41, 5.74) is -1.86. The van der Waals surface area contributed by atoms with Crippen molar-refractivity contribution in [2.45, 2.75) is 121 Å². The van der Waals surface area contributed by atoms with Gasteiger partial charge in [-0.3, -0.25) is 4.79 Å². The van der Waals surface area contributed by atoms with Crippen LogP contribution in [0.25, 0.3) is 0 Å². The van der Waals surface area contributed by atoms with E-state index in [1.165, 1.54) is 6.92 Å². The molecule has 1 saturated heterocycles. The molecule has 0 radical (unpaired) electrons. The number of nitrogens with one attached hydrogen (secondary N) is 1. The van der Waals surface area contributed by atoms with Crippen LogP contribution in [-0.2, 0) is 45.2 Å². The van der Waals surface area contributed by atoms with E-state index in [9.17, 15) is 24.3 Å². The number of carbonyl (C=O) groups excluding carboxylic acids is 4. The Bertz CT molecular complexity index is 1490. The van der Waals surface area contributed by atoms with E-state index in [4.69, 9.17) is 28.4 Å². The third-order valence-corrected chi connectivity index (χ3v) is 9.17. The van der Waals surface area contributed by atoms with Crippen molar-refractivity contribution in [1.29, 1.82) is 0 Å².